The Balaban J connectivity index is 0.00000261. The highest BCUT2D eigenvalue weighted by molar-refractivity contribution is 5.24. The molecule has 1 saturated heterocycles. The van der Waals surface area contributed by atoms with Crippen molar-refractivity contribution in [1.82, 2.24) is 0 Å². The van der Waals surface area contributed by atoms with Gasteiger partial charge in [0.15, 0.2) is 0 Å². The monoisotopic (exact) mass is 479 g/mol. The zero-order valence-corrected chi connectivity index (χ0v) is 18.9. The van der Waals surface area contributed by atoms with Crippen molar-refractivity contribution < 1.29 is 33.6 Å². The van der Waals surface area contributed by atoms with Crippen molar-refractivity contribution in [3.63, 3.8) is 0 Å². The van der Waals surface area contributed by atoms with Crippen LogP contribution in [0.2, 0.25) is 0 Å². The van der Waals surface area contributed by atoms with Crippen molar-refractivity contribution in [3.8, 4) is 0 Å². The van der Waals surface area contributed by atoms with Crippen LogP contribution in [0, 0.1) is 0 Å². The number of hydrogen-bond donors (Lipinski definition) is 1. The van der Waals surface area contributed by atoms with Gasteiger partial charge in [0.25, 0.3) is 0 Å². The van der Waals surface area contributed by atoms with Crippen molar-refractivity contribution in [2.75, 3.05) is 20.1 Å². The lowest BCUT2D eigenvalue weighted by Gasteiger charge is -2.42. The maximum atomic E-state index is 11.3. The number of hydrogen-bond acceptors (Lipinski definition) is 1. The average molecular weight is 479 g/mol. The Morgan fingerprint density at radius 2 is 1.67 bits per heavy atom. The van der Waals surface area contributed by atoms with Crippen LogP contribution in [0.25, 0.3) is 0 Å². The molecule has 2 aromatic rings. The first-order valence-corrected chi connectivity index (χ1v) is 10.2. The van der Waals surface area contributed by atoms with Gasteiger partial charge in [0, 0.05) is 12.8 Å². The van der Waals surface area contributed by atoms with E-state index in [9.17, 15) is 5.11 Å². The summed E-state index contributed by atoms with van der Waals surface area (Å²) in [6.07, 6.45) is 5.37. The lowest BCUT2D eigenvalue weighted by molar-refractivity contribution is -0.923. The van der Waals surface area contributed by atoms with E-state index in [-0.39, 0.29) is 36.0 Å². The van der Waals surface area contributed by atoms with Gasteiger partial charge in [-0.25, -0.2) is 0 Å². The van der Waals surface area contributed by atoms with Gasteiger partial charge in [-0.1, -0.05) is 74.0 Å². The number of benzene rings is 2. The molecule has 2 nitrogen and oxygen atoms in total. The lowest BCUT2D eigenvalue weighted by Crippen LogP contribution is -3.00. The van der Waals surface area contributed by atoms with Gasteiger partial charge in [-0.05, 0) is 24.0 Å². The number of likely N-dealkylation sites (tertiary alicyclic amines) is 1. The van der Waals surface area contributed by atoms with E-state index in [1.54, 1.807) is 0 Å². The quantitative estimate of drug-likeness (QED) is 0.452. The fourth-order valence-electron chi connectivity index (χ4n) is 4.86. The first-order chi connectivity index (χ1) is 12.6. The van der Waals surface area contributed by atoms with Gasteiger partial charge >= 0.3 is 0 Å². The Labute approximate surface area is 182 Å². The molecule has 1 fully saturated rings. The van der Waals surface area contributed by atoms with E-state index in [1.807, 2.05) is 6.07 Å². The van der Waals surface area contributed by atoms with Crippen LogP contribution in [-0.2, 0) is 6.42 Å². The standard InChI is InChI=1S/C24H34NO.HI/c1-3-4-17-25(2)18-11-16-22(25)24(21-14-9-6-10-15-21)23(26)19-20-12-7-5-8-13-20;/h5-10,12-15,22-24,26H,3-4,11,16-19H2,1-2H3;1H/q+1;/p-1. The Kier molecular flexibility index (Phi) is 8.77. The normalized spacial score (nSPS) is 24.2. The number of aliphatic hydroxyl groups excluding tert-OH is 1. The third kappa shape index (κ3) is 5.55. The smallest absolute Gasteiger partial charge is 0.0985 e. The second-order valence-corrected chi connectivity index (χ2v) is 8.18. The number of rotatable bonds is 8. The fourth-order valence-corrected chi connectivity index (χ4v) is 4.86. The molecule has 1 N–H and O–H groups in total. The van der Waals surface area contributed by atoms with Crippen molar-refractivity contribution in [2.45, 2.75) is 57.1 Å². The Morgan fingerprint density at radius 3 is 2.30 bits per heavy atom. The summed E-state index contributed by atoms with van der Waals surface area (Å²) in [5, 5.41) is 11.3. The van der Waals surface area contributed by atoms with Crippen LogP contribution in [0.1, 0.15) is 49.7 Å². The molecule has 0 bridgehead atoms. The molecule has 4 atom stereocenters. The molecule has 0 aliphatic carbocycles. The van der Waals surface area contributed by atoms with Crippen LogP contribution in [0.5, 0.6) is 0 Å². The second kappa shape index (κ2) is 10.6. The molecule has 2 aromatic carbocycles. The summed E-state index contributed by atoms with van der Waals surface area (Å²) in [5.74, 6) is 0.195. The molecule has 0 amide bonds. The second-order valence-electron chi connectivity index (χ2n) is 8.18. The van der Waals surface area contributed by atoms with Crippen LogP contribution in [-0.4, -0.2) is 41.9 Å². The highest BCUT2D eigenvalue weighted by Gasteiger charge is 2.45. The minimum absolute atomic E-state index is 0. The lowest BCUT2D eigenvalue weighted by atomic mass is 9.82. The SMILES string of the molecule is CCCC[N+]1(C)CCCC1C(c1ccccc1)C(O)Cc1ccccc1.[I-]. The molecule has 1 aliphatic heterocycles. The highest BCUT2D eigenvalue weighted by Crippen LogP contribution is 2.39. The Hall–Kier alpha value is -0.910. The highest BCUT2D eigenvalue weighted by atomic mass is 127. The largest absolute Gasteiger partial charge is 1.00 e. The molecule has 1 heterocycles. The van der Waals surface area contributed by atoms with E-state index in [0.29, 0.717) is 6.04 Å². The summed E-state index contributed by atoms with van der Waals surface area (Å²) in [6, 6.07) is 21.7. The predicted molar refractivity (Wildman–Crippen MR) is 109 cm³/mol. The molecule has 3 heteroatoms. The van der Waals surface area contributed by atoms with Crippen LogP contribution >= 0.6 is 0 Å². The molecule has 1 aliphatic rings. The Bertz CT molecular complexity index is 663. The molecule has 3 rings (SSSR count). The topological polar surface area (TPSA) is 20.2 Å². The van der Waals surface area contributed by atoms with E-state index < -0.39 is 0 Å². The first kappa shape index (κ1) is 22.4. The van der Waals surface area contributed by atoms with E-state index >= 15 is 0 Å². The maximum absolute atomic E-state index is 11.3. The molecular formula is C24H34INO. The summed E-state index contributed by atoms with van der Waals surface area (Å²) < 4.78 is 1.11. The number of aliphatic hydroxyl groups is 1. The zero-order chi connectivity index (χ0) is 18.4. The minimum Gasteiger partial charge on any atom is -1.00 e. The summed E-state index contributed by atoms with van der Waals surface area (Å²) in [6.45, 7) is 4.74. The molecule has 4 unspecified atom stereocenters. The summed E-state index contributed by atoms with van der Waals surface area (Å²) in [7, 11) is 2.42. The number of unbranched alkanes of at least 4 members (excludes halogenated alkanes) is 1. The predicted octanol–water partition coefficient (Wildman–Crippen LogP) is 1.79. The summed E-state index contributed by atoms with van der Waals surface area (Å²) in [4.78, 5) is 0. The first-order valence-electron chi connectivity index (χ1n) is 10.2. The van der Waals surface area contributed by atoms with E-state index in [2.05, 4.69) is 68.6 Å². The molecular weight excluding hydrogens is 445 g/mol. The van der Waals surface area contributed by atoms with E-state index in [1.165, 1.54) is 49.9 Å². The van der Waals surface area contributed by atoms with E-state index in [0.717, 1.165) is 10.9 Å². The Morgan fingerprint density at radius 1 is 1.04 bits per heavy atom. The van der Waals surface area contributed by atoms with Crippen molar-refractivity contribution in [3.05, 3.63) is 71.8 Å². The molecule has 0 radical (unpaired) electrons. The van der Waals surface area contributed by atoms with Crippen LogP contribution in [0.3, 0.4) is 0 Å². The van der Waals surface area contributed by atoms with Gasteiger partial charge in [0.05, 0.1) is 38.2 Å². The minimum atomic E-state index is -0.345. The van der Waals surface area contributed by atoms with Crippen LogP contribution in [0.15, 0.2) is 60.7 Å². The zero-order valence-electron chi connectivity index (χ0n) is 16.7. The molecule has 0 saturated carbocycles. The number of likely N-dealkylation sites (N-methyl/N-ethyl adjacent to an activating group) is 1. The number of quaternary nitrogens is 1. The van der Waals surface area contributed by atoms with Crippen LogP contribution in [0.4, 0.5) is 0 Å². The van der Waals surface area contributed by atoms with Crippen molar-refractivity contribution in [2.24, 2.45) is 0 Å². The van der Waals surface area contributed by atoms with Crippen molar-refractivity contribution in [1.29, 1.82) is 0 Å². The van der Waals surface area contributed by atoms with Gasteiger partial charge in [0.2, 0.25) is 0 Å². The third-order valence-corrected chi connectivity index (χ3v) is 6.29. The van der Waals surface area contributed by atoms with E-state index in [4.69, 9.17) is 0 Å². The molecule has 148 valence electrons. The van der Waals surface area contributed by atoms with Crippen molar-refractivity contribution >= 4 is 0 Å². The van der Waals surface area contributed by atoms with Gasteiger partial charge in [0.1, 0.15) is 0 Å². The van der Waals surface area contributed by atoms with Gasteiger partial charge in [-0.2, -0.15) is 0 Å². The van der Waals surface area contributed by atoms with Crippen LogP contribution < -0.4 is 24.0 Å². The fraction of sp³-hybridized carbons (Fsp3) is 0.500. The average Bonchev–Trinajstić information content (AvgIpc) is 3.04. The maximum Gasteiger partial charge on any atom is 0.0985 e. The summed E-state index contributed by atoms with van der Waals surface area (Å²) >= 11 is 0. The third-order valence-electron chi connectivity index (χ3n) is 6.29. The number of nitrogens with zero attached hydrogens (tertiary/aromatic N) is 1. The van der Waals surface area contributed by atoms with Gasteiger partial charge < -0.3 is 33.6 Å². The van der Waals surface area contributed by atoms with Gasteiger partial charge in [-0.15, -0.1) is 0 Å². The molecule has 0 aromatic heterocycles. The summed E-state index contributed by atoms with van der Waals surface area (Å²) in [5.41, 5.74) is 2.52. The number of halogens is 1. The molecule has 0 spiro atoms. The van der Waals surface area contributed by atoms with Gasteiger partial charge in [-0.3, -0.25) is 0 Å². The molecule has 27 heavy (non-hydrogen) atoms.